The smallest absolute Gasteiger partial charge is 0.250 e. The van der Waals surface area contributed by atoms with E-state index in [2.05, 4.69) is 15.7 Å². The molecule has 8 heteroatoms. The topological polar surface area (TPSA) is 58.6 Å². The highest BCUT2D eigenvalue weighted by Gasteiger charge is 2.16. The van der Waals surface area contributed by atoms with Crippen LogP contribution in [-0.4, -0.2) is 39.6 Å². The van der Waals surface area contributed by atoms with Crippen molar-refractivity contribution in [2.24, 2.45) is 0 Å². The predicted molar refractivity (Wildman–Crippen MR) is 95.9 cm³/mol. The molecule has 24 heavy (non-hydrogen) atoms. The number of nitrogens with zero attached hydrogens (tertiary/aromatic N) is 1. The van der Waals surface area contributed by atoms with Gasteiger partial charge >= 0.3 is 0 Å². The lowest BCUT2D eigenvalue weighted by atomic mass is 10.1. The Kier molecular flexibility index (Phi) is 5.91. The quantitative estimate of drug-likeness (QED) is 0.829. The molecule has 1 aromatic heterocycles. The maximum Gasteiger partial charge on any atom is 0.250 e. The van der Waals surface area contributed by atoms with Crippen molar-refractivity contribution in [3.63, 3.8) is 0 Å². The van der Waals surface area contributed by atoms with E-state index >= 15 is 0 Å². The van der Waals surface area contributed by atoms with Crippen LogP contribution in [0.25, 0.3) is 0 Å². The maximum absolute atomic E-state index is 12.2. The third-order valence-electron chi connectivity index (χ3n) is 3.78. The molecule has 1 saturated heterocycles. The van der Waals surface area contributed by atoms with Crippen molar-refractivity contribution in [2.75, 3.05) is 26.3 Å². The zero-order valence-electron chi connectivity index (χ0n) is 13.1. The van der Waals surface area contributed by atoms with Crippen molar-refractivity contribution in [1.82, 2.24) is 9.62 Å². The molecule has 1 aliphatic heterocycles. The lowest BCUT2D eigenvalue weighted by Crippen LogP contribution is -2.35. The van der Waals surface area contributed by atoms with Gasteiger partial charge in [0.1, 0.15) is 4.21 Å². The van der Waals surface area contributed by atoms with Crippen LogP contribution < -0.4 is 4.72 Å². The van der Waals surface area contributed by atoms with E-state index in [4.69, 9.17) is 16.3 Å². The molecule has 2 heterocycles. The molecular weight excluding hydrogens is 368 g/mol. The second-order valence-electron chi connectivity index (χ2n) is 5.59. The number of hydrogen-bond donors (Lipinski definition) is 1. The fourth-order valence-electron chi connectivity index (χ4n) is 2.55. The molecule has 130 valence electrons. The molecule has 1 aliphatic rings. The minimum atomic E-state index is -3.52. The van der Waals surface area contributed by atoms with Crippen LogP contribution in [0.15, 0.2) is 40.6 Å². The summed E-state index contributed by atoms with van der Waals surface area (Å²) in [7, 11) is -3.52. The number of hydrogen-bond acceptors (Lipinski definition) is 5. The second kappa shape index (κ2) is 7.95. The third-order valence-corrected chi connectivity index (χ3v) is 6.91. The number of nitrogens with one attached hydrogen (secondary N) is 1. The van der Waals surface area contributed by atoms with Gasteiger partial charge in [0.15, 0.2) is 0 Å². The first-order valence-corrected chi connectivity index (χ1v) is 10.3. The summed E-state index contributed by atoms with van der Waals surface area (Å²) in [6, 6.07) is 11.1. The van der Waals surface area contributed by atoms with Gasteiger partial charge in [-0.1, -0.05) is 35.9 Å². The largest absolute Gasteiger partial charge is 0.379 e. The first-order chi connectivity index (χ1) is 11.5. The van der Waals surface area contributed by atoms with E-state index in [1.807, 2.05) is 18.2 Å². The summed E-state index contributed by atoms with van der Waals surface area (Å²) in [6.07, 6.45) is 0. The van der Waals surface area contributed by atoms with E-state index < -0.39 is 10.0 Å². The molecular formula is C16H19ClN2O3S2. The van der Waals surface area contributed by atoms with Gasteiger partial charge in [-0.15, -0.1) is 11.3 Å². The molecule has 1 fully saturated rings. The molecule has 5 nitrogen and oxygen atoms in total. The molecule has 1 N–H and O–H groups in total. The summed E-state index contributed by atoms with van der Waals surface area (Å²) in [5.74, 6) is 0. The normalized spacial score (nSPS) is 16.4. The van der Waals surface area contributed by atoms with Crippen LogP contribution in [0.2, 0.25) is 4.34 Å². The molecule has 2 aromatic rings. The zero-order chi connectivity index (χ0) is 17.0. The Morgan fingerprint density at radius 3 is 2.62 bits per heavy atom. The number of rotatable bonds is 6. The van der Waals surface area contributed by atoms with Gasteiger partial charge in [-0.25, -0.2) is 13.1 Å². The molecule has 0 unspecified atom stereocenters. The highest BCUT2D eigenvalue weighted by atomic mass is 35.5. The Morgan fingerprint density at radius 2 is 1.92 bits per heavy atom. The van der Waals surface area contributed by atoms with Crippen LogP contribution in [0.5, 0.6) is 0 Å². The molecule has 0 radical (unpaired) electrons. The van der Waals surface area contributed by atoms with Crippen molar-refractivity contribution in [1.29, 1.82) is 0 Å². The summed E-state index contributed by atoms with van der Waals surface area (Å²) in [4.78, 5) is 2.33. The number of thiophene rings is 1. The first-order valence-electron chi connectivity index (χ1n) is 7.66. The molecule has 0 atom stereocenters. The monoisotopic (exact) mass is 386 g/mol. The highest BCUT2D eigenvalue weighted by Crippen LogP contribution is 2.25. The Morgan fingerprint density at radius 1 is 1.17 bits per heavy atom. The van der Waals surface area contributed by atoms with Gasteiger partial charge in [-0.2, -0.15) is 0 Å². The molecule has 0 bridgehead atoms. The van der Waals surface area contributed by atoms with E-state index in [0.717, 1.165) is 49.7 Å². The molecule has 0 aliphatic carbocycles. The molecule has 1 aromatic carbocycles. The summed E-state index contributed by atoms with van der Waals surface area (Å²) >= 11 is 6.86. The Balaban J connectivity index is 1.62. The molecule has 0 amide bonds. The fraction of sp³-hybridized carbons (Fsp3) is 0.375. The lowest BCUT2D eigenvalue weighted by molar-refractivity contribution is 0.0342. The Hall–Kier alpha value is -0.960. The van der Waals surface area contributed by atoms with Gasteiger partial charge in [-0.05, 0) is 23.3 Å². The van der Waals surface area contributed by atoms with Gasteiger partial charge in [0.25, 0.3) is 0 Å². The summed E-state index contributed by atoms with van der Waals surface area (Å²) in [5.41, 5.74) is 2.11. The van der Waals surface area contributed by atoms with E-state index in [9.17, 15) is 8.42 Å². The van der Waals surface area contributed by atoms with Crippen LogP contribution in [0, 0.1) is 0 Å². The van der Waals surface area contributed by atoms with E-state index in [1.165, 1.54) is 11.6 Å². The van der Waals surface area contributed by atoms with Crippen molar-refractivity contribution in [3.05, 3.63) is 51.9 Å². The van der Waals surface area contributed by atoms with Gasteiger partial charge in [0, 0.05) is 26.2 Å². The summed E-state index contributed by atoms with van der Waals surface area (Å²) < 4.78 is 33.2. The van der Waals surface area contributed by atoms with Crippen LogP contribution in [0.4, 0.5) is 0 Å². The number of ether oxygens (including phenoxy) is 1. The Labute approximate surface area is 151 Å². The second-order valence-corrected chi connectivity index (χ2v) is 9.30. The van der Waals surface area contributed by atoms with Gasteiger partial charge in [0.05, 0.1) is 17.6 Å². The minimum Gasteiger partial charge on any atom is -0.379 e. The molecule has 0 spiro atoms. The summed E-state index contributed by atoms with van der Waals surface area (Å²) in [6.45, 7) is 4.50. The van der Waals surface area contributed by atoms with Crippen LogP contribution in [-0.2, 0) is 27.8 Å². The molecule has 0 saturated carbocycles. The number of benzene rings is 1. The van der Waals surface area contributed by atoms with Crippen LogP contribution in [0.1, 0.15) is 11.1 Å². The van der Waals surface area contributed by atoms with Crippen molar-refractivity contribution >= 4 is 33.0 Å². The van der Waals surface area contributed by atoms with E-state index in [-0.39, 0.29) is 10.8 Å². The average Bonchev–Trinajstić information content (AvgIpc) is 3.02. The highest BCUT2D eigenvalue weighted by molar-refractivity contribution is 7.91. The van der Waals surface area contributed by atoms with Gasteiger partial charge in [-0.3, -0.25) is 4.90 Å². The number of halogens is 1. The number of sulfonamides is 1. The lowest BCUT2D eigenvalue weighted by Gasteiger charge is -2.26. The van der Waals surface area contributed by atoms with Crippen molar-refractivity contribution in [2.45, 2.75) is 17.3 Å². The van der Waals surface area contributed by atoms with Crippen molar-refractivity contribution < 1.29 is 13.2 Å². The number of morpholine rings is 1. The summed E-state index contributed by atoms with van der Waals surface area (Å²) in [5, 5.41) is 0. The van der Waals surface area contributed by atoms with E-state index in [1.54, 1.807) is 6.07 Å². The maximum atomic E-state index is 12.2. The minimum absolute atomic E-state index is 0.233. The standard InChI is InChI=1S/C16H19ClN2O3S2/c17-15-4-5-16(23-15)24(20,21)18-11-13-2-1-3-14(10-13)12-19-6-8-22-9-7-19/h1-5,10,18H,6-9,11-12H2. The fourth-order valence-corrected chi connectivity index (χ4v) is 5.09. The molecule has 3 rings (SSSR count). The first kappa shape index (κ1) is 17.8. The van der Waals surface area contributed by atoms with Gasteiger partial charge in [0.2, 0.25) is 10.0 Å². The van der Waals surface area contributed by atoms with Crippen molar-refractivity contribution in [3.8, 4) is 0 Å². The Bertz CT molecular complexity index is 786. The van der Waals surface area contributed by atoms with Crippen LogP contribution in [0.3, 0.4) is 0 Å². The van der Waals surface area contributed by atoms with Gasteiger partial charge < -0.3 is 4.74 Å². The average molecular weight is 387 g/mol. The SMILES string of the molecule is O=S(=O)(NCc1cccc(CN2CCOCC2)c1)c1ccc(Cl)s1. The predicted octanol–water partition coefficient (Wildman–Crippen LogP) is 2.71. The zero-order valence-corrected chi connectivity index (χ0v) is 15.5. The van der Waals surface area contributed by atoms with E-state index in [0.29, 0.717) is 4.34 Å². The third kappa shape index (κ3) is 4.78. The van der Waals surface area contributed by atoms with Crippen LogP contribution >= 0.6 is 22.9 Å².